The zero-order valence-corrected chi connectivity index (χ0v) is 7.81. The molecule has 1 fully saturated rings. The van der Waals surface area contributed by atoms with E-state index in [1.807, 2.05) is 0 Å². The Morgan fingerprint density at radius 3 is 2.38 bits per heavy atom. The second kappa shape index (κ2) is 2.93. The van der Waals surface area contributed by atoms with E-state index in [9.17, 15) is 13.6 Å². The number of hydrogen-bond donors (Lipinski definition) is 1. The first-order chi connectivity index (χ1) is 5.76. The molecule has 0 bridgehead atoms. The zero-order valence-electron chi connectivity index (χ0n) is 7.81. The minimum atomic E-state index is -2.52. The summed E-state index contributed by atoms with van der Waals surface area (Å²) in [5, 5.41) is 8.72. The van der Waals surface area contributed by atoms with Crippen LogP contribution in [0.2, 0.25) is 0 Å². The van der Waals surface area contributed by atoms with E-state index in [4.69, 9.17) is 5.11 Å². The van der Waals surface area contributed by atoms with Gasteiger partial charge in [0, 0.05) is 12.3 Å². The molecule has 0 aromatic heterocycles. The highest BCUT2D eigenvalue weighted by Gasteiger charge is 2.56. The van der Waals surface area contributed by atoms with Crippen LogP contribution in [0.4, 0.5) is 8.78 Å². The average Bonchev–Trinajstić information content (AvgIpc) is 2.55. The number of hydrogen-bond acceptors (Lipinski definition) is 1. The number of halogens is 2. The number of carbonyl (C=O) groups is 1. The predicted octanol–water partition coefficient (Wildman–Crippen LogP) is 2.53. The highest BCUT2D eigenvalue weighted by molar-refractivity contribution is 5.73. The van der Waals surface area contributed by atoms with E-state index in [1.54, 1.807) is 13.8 Å². The van der Waals surface area contributed by atoms with Crippen LogP contribution in [0.1, 0.15) is 33.1 Å². The fourth-order valence-electron chi connectivity index (χ4n) is 1.22. The van der Waals surface area contributed by atoms with Gasteiger partial charge in [-0.1, -0.05) is 0 Å². The van der Waals surface area contributed by atoms with Crippen molar-refractivity contribution < 1.29 is 18.7 Å². The van der Waals surface area contributed by atoms with Gasteiger partial charge >= 0.3 is 5.97 Å². The first kappa shape index (κ1) is 10.4. The molecule has 1 rings (SSSR count). The molecule has 1 unspecified atom stereocenters. The molecule has 0 aromatic rings. The molecule has 0 aromatic carbocycles. The van der Waals surface area contributed by atoms with Crippen LogP contribution >= 0.6 is 0 Å². The Morgan fingerprint density at radius 2 is 2.08 bits per heavy atom. The lowest BCUT2D eigenvalue weighted by Gasteiger charge is -2.18. The lowest BCUT2D eigenvalue weighted by molar-refractivity contribution is -0.147. The largest absolute Gasteiger partial charge is 0.481 e. The maximum atomic E-state index is 12.4. The van der Waals surface area contributed by atoms with E-state index in [1.165, 1.54) is 0 Å². The second-order valence-electron chi connectivity index (χ2n) is 4.39. The average molecular weight is 192 g/mol. The van der Waals surface area contributed by atoms with Crippen molar-refractivity contribution in [3.05, 3.63) is 0 Å². The number of carboxylic acid groups (broad SMARTS) is 1. The SMILES string of the molecule is CC(C)(CCC1CC1(F)F)C(=O)O. The van der Waals surface area contributed by atoms with Gasteiger partial charge in [0.05, 0.1) is 5.41 Å². The van der Waals surface area contributed by atoms with E-state index >= 15 is 0 Å². The third kappa shape index (κ3) is 2.39. The lowest BCUT2D eigenvalue weighted by atomic mass is 9.87. The van der Waals surface area contributed by atoms with Gasteiger partial charge in [0.2, 0.25) is 0 Å². The van der Waals surface area contributed by atoms with Gasteiger partial charge in [0.15, 0.2) is 0 Å². The van der Waals surface area contributed by atoms with Crippen molar-refractivity contribution in [3.8, 4) is 0 Å². The van der Waals surface area contributed by atoms with Gasteiger partial charge in [-0.15, -0.1) is 0 Å². The van der Waals surface area contributed by atoms with Crippen molar-refractivity contribution in [3.63, 3.8) is 0 Å². The van der Waals surface area contributed by atoms with E-state index in [-0.39, 0.29) is 6.42 Å². The zero-order chi connectivity index (χ0) is 10.3. The summed E-state index contributed by atoms with van der Waals surface area (Å²) < 4.78 is 24.9. The first-order valence-electron chi connectivity index (χ1n) is 4.37. The van der Waals surface area contributed by atoms with Gasteiger partial charge in [0.1, 0.15) is 0 Å². The van der Waals surface area contributed by atoms with Gasteiger partial charge < -0.3 is 5.11 Å². The number of aliphatic carboxylic acids is 1. The van der Waals surface area contributed by atoms with Crippen LogP contribution in [-0.4, -0.2) is 17.0 Å². The van der Waals surface area contributed by atoms with Crippen LogP contribution in [0.25, 0.3) is 0 Å². The molecule has 0 amide bonds. The van der Waals surface area contributed by atoms with Gasteiger partial charge in [0.25, 0.3) is 5.92 Å². The van der Waals surface area contributed by atoms with Crippen LogP contribution in [0.3, 0.4) is 0 Å². The van der Waals surface area contributed by atoms with Gasteiger partial charge in [-0.2, -0.15) is 0 Å². The molecular weight excluding hydrogens is 178 g/mol. The van der Waals surface area contributed by atoms with E-state index in [2.05, 4.69) is 0 Å². The number of rotatable bonds is 4. The first-order valence-corrected chi connectivity index (χ1v) is 4.37. The summed E-state index contributed by atoms with van der Waals surface area (Å²) in [4.78, 5) is 10.6. The second-order valence-corrected chi connectivity index (χ2v) is 4.39. The van der Waals surface area contributed by atoms with E-state index in [0.29, 0.717) is 12.8 Å². The monoisotopic (exact) mass is 192 g/mol. The Balaban J connectivity index is 2.31. The summed E-state index contributed by atoms with van der Waals surface area (Å²) >= 11 is 0. The summed E-state index contributed by atoms with van der Waals surface area (Å²) in [6, 6.07) is 0. The molecule has 0 spiro atoms. The van der Waals surface area contributed by atoms with Gasteiger partial charge in [-0.05, 0) is 26.7 Å². The Hall–Kier alpha value is -0.670. The Bertz CT molecular complexity index is 224. The van der Waals surface area contributed by atoms with Crippen LogP contribution < -0.4 is 0 Å². The summed E-state index contributed by atoms with van der Waals surface area (Å²) in [6.07, 6.45) is 0.567. The Kier molecular flexibility index (Phi) is 2.34. The molecule has 0 aliphatic heterocycles. The topological polar surface area (TPSA) is 37.3 Å². The number of alkyl halides is 2. The van der Waals surface area contributed by atoms with Crippen LogP contribution in [-0.2, 0) is 4.79 Å². The van der Waals surface area contributed by atoms with Crippen LogP contribution in [0, 0.1) is 11.3 Å². The minimum absolute atomic E-state index is 0.0668. The molecule has 0 radical (unpaired) electrons. The molecule has 1 saturated carbocycles. The third-order valence-electron chi connectivity index (χ3n) is 2.65. The normalized spacial score (nSPS) is 25.7. The molecule has 1 aliphatic rings. The summed E-state index contributed by atoms with van der Waals surface area (Å²) in [5.41, 5.74) is -0.876. The lowest BCUT2D eigenvalue weighted by Crippen LogP contribution is -2.23. The minimum Gasteiger partial charge on any atom is -0.481 e. The molecule has 1 atom stereocenters. The van der Waals surface area contributed by atoms with Crippen molar-refractivity contribution >= 4 is 5.97 Å². The molecule has 1 aliphatic carbocycles. The van der Waals surface area contributed by atoms with Crippen molar-refractivity contribution in [2.24, 2.45) is 11.3 Å². The standard InChI is InChI=1S/C9H14F2O2/c1-8(2,7(12)13)4-3-6-5-9(6,10)11/h6H,3-5H2,1-2H3,(H,12,13). The maximum Gasteiger partial charge on any atom is 0.309 e. The molecule has 0 heterocycles. The molecule has 2 nitrogen and oxygen atoms in total. The van der Waals surface area contributed by atoms with Crippen LogP contribution in [0.5, 0.6) is 0 Å². The fourth-order valence-corrected chi connectivity index (χ4v) is 1.22. The van der Waals surface area contributed by atoms with Crippen molar-refractivity contribution in [2.45, 2.75) is 39.0 Å². The molecule has 76 valence electrons. The van der Waals surface area contributed by atoms with Crippen molar-refractivity contribution in [1.82, 2.24) is 0 Å². The summed E-state index contributed by atoms with van der Waals surface area (Å²) in [7, 11) is 0. The summed E-state index contributed by atoms with van der Waals surface area (Å²) in [6.45, 7) is 3.13. The Labute approximate surface area is 75.9 Å². The van der Waals surface area contributed by atoms with Gasteiger partial charge in [-0.25, -0.2) is 8.78 Å². The third-order valence-corrected chi connectivity index (χ3v) is 2.65. The molecular formula is C9H14F2O2. The van der Waals surface area contributed by atoms with Crippen molar-refractivity contribution in [2.75, 3.05) is 0 Å². The smallest absolute Gasteiger partial charge is 0.309 e. The highest BCUT2D eigenvalue weighted by Crippen LogP contribution is 2.52. The number of carboxylic acids is 1. The summed E-state index contributed by atoms with van der Waals surface area (Å²) in [5.74, 6) is -4.02. The fraction of sp³-hybridized carbons (Fsp3) is 0.889. The Morgan fingerprint density at radius 1 is 1.62 bits per heavy atom. The maximum absolute atomic E-state index is 12.4. The molecule has 1 N–H and O–H groups in total. The quantitative estimate of drug-likeness (QED) is 0.743. The van der Waals surface area contributed by atoms with E-state index < -0.39 is 23.2 Å². The van der Waals surface area contributed by atoms with Gasteiger partial charge in [-0.3, -0.25) is 4.79 Å². The van der Waals surface area contributed by atoms with Crippen molar-refractivity contribution in [1.29, 1.82) is 0 Å². The molecule has 0 saturated heterocycles. The predicted molar refractivity (Wildman–Crippen MR) is 43.7 cm³/mol. The van der Waals surface area contributed by atoms with Crippen LogP contribution in [0.15, 0.2) is 0 Å². The highest BCUT2D eigenvalue weighted by atomic mass is 19.3. The molecule has 4 heteroatoms. The van der Waals surface area contributed by atoms with E-state index in [0.717, 1.165) is 0 Å². The molecule has 13 heavy (non-hydrogen) atoms.